The van der Waals surface area contributed by atoms with E-state index in [0.717, 1.165) is 5.56 Å². The van der Waals surface area contributed by atoms with E-state index in [4.69, 9.17) is 5.11 Å². The van der Waals surface area contributed by atoms with Crippen molar-refractivity contribution in [2.75, 3.05) is 0 Å². The van der Waals surface area contributed by atoms with Gasteiger partial charge in [-0.2, -0.15) is 0 Å². The predicted octanol–water partition coefficient (Wildman–Crippen LogP) is 0.958. The summed E-state index contributed by atoms with van der Waals surface area (Å²) in [7, 11) is 0. The molecule has 0 spiro atoms. The molecule has 0 fully saturated rings. The SMILES string of the molecule is OCc1nncn1Cc1ccc(F)cc1. The summed E-state index contributed by atoms with van der Waals surface area (Å²) in [5, 5.41) is 16.4. The van der Waals surface area contributed by atoms with Crippen molar-refractivity contribution in [1.82, 2.24) is 14.8 Å². The Morgan fingerprint density at radius 2 is 2.00 bits per heavy atom. The van der Waals surface area contributed by atoms with Gasteiger partial charge >= 0.3 is 0 Å². The summed E-state index contributed by atoms with van der Waals surface area (Å²) < 4.78 is 14.4. The maximum absolute atomic E-state index is 12.6. The van der Waals surface area contributed by atoms with E-state index in [2.05, 4.69) is 10.2 Å². The molecular formula is C10H10FN3O. The summed E-state index contributed by atoms with van der Waals surface area (Å²) in [6, 6.07) is 6.18. The fourth-order valence-electron chi connectivity index (χ4n) is 1.32. The van der Waals surface area contributed by atoms with Crippen LogP contribution in [0.15, 0.2) is 30.6 Å². The fraction of sp³-hybridized carbons (Fsp3) is 0.200. The van der Waals surface area contributed by atoms with Crippen LogP contribution >= 0.6 is 0 Å². The van der Waals surface area contributed by atoms with Crippen molar-refractivity contribution in [2.45, 2.75) is 13.2 Å². The molecule has 78 valence electrons. The van der Waals surface area contributed by atoms with Gasteiger partial charge in [-0.05, 0) is 17.7 Å². The van der Waals surface area contributed by atoms with Crippen molar-refractivity contribution in [2.24, 2.45) is 0 Å². The van der Waals surface area contributed by atoms with E-state index in [-0.39, 0.29) is 12.4 Å². The third-order valence-corrected chi connectivity index (χ3v) is 2.10. The number of aliphatic hydroxyl groups excluding tert-OH is 1. The molecule has 0 amide bonds. The average Bonchev–Trinajstić information content (AvgIpc) is 2.69. The molecule has 4 nitrogen and oxygen atoms in total. The highest BCUT2D eigenvalue weighted by Crippen LogP contribution is 2.06. The Morgan fingerprint density at radius 1 is 1.27 bits per heavy atom. The number of aliphatic hydroxyl groups is 1. The molecule has 0 radical (unpaired) electrons. The van der Waals surface area contributed by atoms with Crippen LogP contribution in [0.3, 0.4) is 0 Å². The van der Waals surface area contributed by atoms with Crippen LogP contribution < -0.4 is 0 Å². The number of aromatic nitrogens is 3. The highest BCUT2D eigenvalue weighted by Gasteiger charge is 2.02. The molecule has 0 aliphatic carbocycles. The Balaban J connectivity index is 2.18. The lowest BCUT2D eigenvalue weighted by Crippen LogP contribution is -2.04. The Hall–Kier alpha value is -1.75. The lowest BCUT2D eigenvalue weighted by Gasteiger charge is -2.04. The van der Waals surface area contributed by atoms with Crippen LogP contribution in [0.2, 0.25) is 0 Å². The van der Waals surface area contributed by atoms with Crippen molar-refractivity contribution < 1.29 is 9.50 Å². The van der Waals surface area contributed by atoms with Crippen molar-refractivity contribution >= 4 is 0 Å². The topological polar surface area (TPSA) is 50.9 Å². The zero-order chi connectivity index (χ0) is 10.7. The summed E-state index contributed by atoms with van der Waals surface area (Å²) in [6.45, 7) is 0.379. The molecule has 0 aliphatic heterocycles. The van der Waals surface area contributed by atoms with Gasteiger partial charge in [-0.1, -0.05) is 12.1 Å². The van der Waals surface area contributed by atoms with Gasteiger partial charge in [0, 0.05) is 0 Å². The molecule has 1 aromatic carbocycles. The average molecular weight is 207 g/mol. The molecule has 0 unspecified atom stereocenters. The van der Waals surface area contributed by atoms with Crippen LogP contribution in [0.4, 0.5) is 4.39 Å². The minimum absolute atomic E-state index is 0.152. The summed E-state index contributed by atoms with van der Waals surface area (Å²) >= 11 is 0. The molecule has 0 saturated heterocycles. The quantitative estimate of drug-likeness (QED) is 0.815. The van der Waals surface area contributed by atoms with E-state index in [1.807, 2.05) is 0 Å². The third-order valence-electron chi connectivity index (χ3n) is 2.10. The molecular weight excluding hydrogens is 197 g/mol. The molecule has 0 atom stereocenters. The first-order valence-corrected chi connectivity index (χ1v) is 4.51. The summed E-state index contributed by atoms with van der Waals surface area (Å²) in [4.78, 5) is 0. The van der Waals surface area contributed by atoms with E-state index in [1.54, 1.807) is 16.7 Å². The number of benzene rings is 1. The second-order valence-corrected chi connectivity index (χ2v) is 3.16. The smallest absolute Gasteiger partial charge is 0.158 e. The fourth-order valence-corrected chi connectivity index (χ4v) is 1.32. The maximum Gasteiger partial charge on any atom is 0.158 e. The number of halogens is 1. The Labute approximate surface area is 86.0 Å². The largest absolute Gasteiger partial charge is 0.388 e. The first-order valence-electron chi connectivity index (χ1n) is 4.51. The molecule has 1 aromatic heterocycles. The van der Waals surface area contributed by atoms with Crippen molar-refractivity contribution in [3.63, 3.8) is 0 Å². The Kier molecular flexibility index (Phi) is 2.73. The number of nitrogens with zero attached hydrogens (tertiary/aromatic N) is 3. The van der Waals surface area contributed by atoms with Crippen LogP contribution in [0.5, 0.6) is 0 Å². The lowest BCUT2D eigenvalue weighted by atomic mass is 10.2. The molecule has 2 aromatic rings. The van der Waals surface area contributed by atoms with Gasteiger partial charge in [0.2, 0.25) is 0 Å². The van der Waals surface area contributed by atoms with E-state index < -0.39 is 0 Å². The number of hydrogen-bond donors (Lipinski definition) is 1. The van der Waals surface area contributed by atoms with Crippen LogP contribution in [0.25, 0.3) is 0 Å². The highest BCUT2D eigenvalue weighted by atomic mass is 19.1. The maximum atomic E-state index is 12.6. The standard InChI is InChI=1S/C10H10FN3O/c11-9-3-1-8(2-4-9)5-14-7-12-13-10(14)6-15/h1-4,7,15H,5-6H2. The second kappa shape index (κ2) is 4.18. The molecule has 0 aliphatic rings. The molecule has 0 saturated carbocycles. The zero-order valence-corrected chi connectivity index (χ0v) is 7.97. The molecule has 15 heavy (non-hydrogen) atoms. The van der Waals surface area contributed by atoms with Crippen LogP contribution in [0, 0.1) is 5.82 Å². The predicted molar refractivity (Wildman–Crippen MR) is 51.4 cm³/mol. The Morgan fingerprint density at radius 3 is 2.67 bits per heavy atom. The zero-order valence-electron chi connectivity index (χ0n) is 7.97. The molecule has 2 rings (SSSR count). The van der Waals surface area contributed by atoms with Gasteiger partial charge in [0.1, 0.15) is 18.8 Å². The van der Waals surface area contributed by atoms with E-state index >= 15 is 0 Å². The van der Waals surface area contributed by atoms with Crippen LogP contribution in [0.1, 0.15) is 11.4 Å². The van der Waals surface area contributed by atoms with Gasteiger partial charge in [-0.3, -0.25) is 0 Å². The van der Waals surface area contributed by atoms with Gasteiger partial charge < -0.3 is 9.67 Å². The molecule has 1 heterocycles. The van der Waals surface area contributed by atoms with Gasteiger partial charge in [-0.15, -0.1) is 10.2 Å². The van der Waals surface area contributed by atoms with Gasteiger partial charge in [-0.25, -0.2) is 4.39 Å². The van der Waals surface area contributed by atoms with Gasteiger partial charge in [0.05, 0.1) is 6.54 Å². The number of rotatable bonds is 3. The minimum Gasteiger partial charge on any atom is -0.388 e. The van der Waals surface area contributed by atoms with Crippen LogP contribution in [-0.2, 0) is 13.2 Å². The van der Waals surface area contributed by atoms with Gasteiger partial charge in [0.25, 0.3) is 0 Å². The number of hydrogen-bond acceptors (Lipinski definition) is 3. The summed E-state index contributed by atoms with van der Waals surface area (Å²) in [6.07, 6.45) is 1.54. The first kappa shape index (κ1) is 9.79. The lowest BCUT2D eigenvalue weighted by molar-refractivity contribution is 0.265. The van der Waals surface area contributed by atoms with Crippen LogP contribution in [-0.4, -0.2) is 19.9 Å². The normalized spacial score (nSPS) is 10.5. The summed E-state index contributed by atoms with van der Waals surface area (Å²) in [5.41, 5.74) is 0.936. The van der Waals surface area contributed by atoms with E-state index in [1.165, 1.54) is 18.5 Å². The second-order valence-electron chi connectivity index (χ2n) is 3.16. The third kappa shape index (κ3) is 2.19. The summed E-state index contributed by atoms with van der Waals surface area (Å²) in [5.74, 6) is 0.240. The molecule has 5 heteroatoms. The monoisotopic (exact) mass is 207 g/mol. The molecule has 0 bridgehead atoms. The Bertz CT molecular complexity index is 438. The first-order chi connectivity index (χ1) is 7.29. The van der Waals surface area contributed by atoms with Crippen molar-refractivity contribution in [1.29, 1.82) is 0 Å². The van der Waals surface area contributed by atoms with Gasteiger partial charge in [0.15, 0.2) is 5.82 Å². The minimum atomic E-state index is -0.259. The van der Waals surface area contributed by atoms with E-state index in [0.29, 0.717) is 12.4 Å². The van der Waals surface area contributed by atoms with Crippen molar-refractivity contribution in [3.8, 4) is 0 Å². The van der Waals surface area contributed by atoms with E-state index in [9.17, 15) is 4.39 Å². The highest BCUT2D eigenvalue weighted by molar-refractivity contribution is 5.16. The van der Waals surface area contributed by atoms with Crippen molar-refractivity contribution in [3.05, 3.63) is 47.8 Å². The molecule has 1 N–H and O–H groups in total.